The van der Waals surface area contributed by atoms with Crippen LogP contribution in [0, 0.1) is 0 Å². The fourth-order valence-corrected chi connectivity index (χ4v) is 1.79. The average molecular weight is 282 g/mol. The summed E-state index contributed by atoms with van der Waals surface area (Å²) in [6, 6.07) is 16.8. The third-order valence-electron chi connectivity index (χ3n) is 2.74. The summed E-state index contributed by atoms with van der Waals surface area (Å²) in [5.41, 5.74) is 1.56. The number of nitrogens with one attached hydrogen (secondary N) is 2. The Morgan fingerprint density at radius 2 is 1.81 bits per heavy atom. The van der Waals surface area contributed by atoms with Crippen LogP contribution in [-0.4, -0.2) is 19.1 Å². The zero-order chi connectivity index (χ0) is 14.9. The van der Waals surface area contributed by atoms with Crippen LogP contribution in [0.1, 0.15) is 0 Å². The van der Waals surface area contributed by atoms with Gasteiger partial charge in [-0.25, -0.2) is 0 Å². The Labute approximate surface area is 124 Å². The average Bonchev–Trinajstić information content (AvgIpc) is 2.52. The van der Waals surface area contributed by atoms with Gasteiger partial charge in [-0.1, -0.05) is 43.0 Å². The summed E-state index contributed by atoms with van der Waals surface area (Å²) in [5, 5.41) is 5.89. The van der Waals surface area contributed by atoms with Crippen molar-refractivity contribution in [1.29, 1.82) is 0 Å². The minimum absolute atomic E-state index is 0.111. The van der Waals surface area contributed by atoms with Gasteiger partial charge in [0, 0.05) is 5.69 Å². The molecular weight excluding hydrogens is 264 g/mol. The molecule has 0 bridgehead atoms. The van der Waals surface area contributed by atoms with Crippen LogP contribution >= 0.6 is 0 Å². The Hall–Kier alpha value is -2.75. The van der Waals surface area contributed by atoms with Gasteiger partial charge in [-0.15, -0.1) is 0 Å². The molecule has 0 aliphatic rings. The van der Waals surface area contributed by atoms with Crippen LogP contribution in [0.5, 0.6) is 5.75 Å². The summed E-state index contributed by atoms with van der Waals surface area (Å²) in [7, 11) is 0. The summed E-state index contributed by atoms with van der Waals surface area (Å²) in [6.45, 7) is 4.21. The predicted octanol–water partition coefficient (Wildman–Crippen LogP) is 3.30. The highest BCUT2D eigenvalue weighted by atomic mass is 16.5. The molecule has 21 heavy (non-hydrogen) atoms. The van der Waals surface area contributed by atoms with Gasteiger partial charge in [-0.3, -0.25) is 4.79 Å². The summed E-state index contributed by atoms with van der Waals surface area (Å²) in [5.74, 6) is 0.588. The van der Waals surface area contributed by atoms with Crippen molar-refractivity contribution in [2.24, 2.45) is 0 Å². The second kappa shape index (κ2) is 7.75. The normalized spacial score (nSPS) is 9.71. The Bertz CT molecular complexity index is 597. The molecule has 0 aliphatic heterocycles. The van der Waals surface area contributed by atoms with Crippen LogP contribution in [0.15, 0.2) is 67.3 Å². The van der Waals surface area contributed by atoms with Crippen LogP contribution in [0.25, 0.3) is 0 Å². The second-order valence-electron chi connectivity index (χ2n) is 4.36. The highest BCUT2D eigenvalue weighted by Gasteiger charge is 2.05. The highest BCUT2D eigenvalue weighted by molar-refractivity contribution is 5.93. The molecule has 0 heterocycles. The summed E-state index contributed by atoms with van der Waals surface area (Å²) >= 11 is 0. The molecule has 4 nitrogen and oxygen atoms in total. The maximum absolute atomic E-state index is 11.9. The van der Waals surface area contributed by atoms with Gasteiger partial charge < -0.3 is 15.4 Å². The van der Waals surface area contributed by atoms with Crippen molar-refractivity contribution < 1.29 is 9.53 Å². The van der Waals surface area contributed by atoms with Crippen LogP contribution in [-0.2, 0) is 4.79 Å². The van der Waals surface area contributed by atoms with E-state index in [0.717, 1.165) is 11.4 Å². The van der Waals surface area contributed by atoms with Crippen LogP contribution in [0.3, 0.4) is 0 Å². The Morgan fingerprint density at radius 3 is 2.57 bits per heavy atom. The molecule has 0 saturated heterocycles. The lowest BCUT2D eigenvalue weighted by Crippen LogP contribution is -2.21. The number of amides is 1. The van der Waals surface area contributed by atoms with E-state index in [1.54, 1.807) is 6.08 Å². The second-order valence-corrected chi connectivity index (χ2v) is 4.36. The van der Waals surface area contributed by atoms with E-state index in [2.05, 4.69) is 17.2 Å². The first-order valence-electron chi connectivity index (χ1n) is 6.71. The number of ether oxygens (including phenoxy) is 1. The van der Waals surface area contributed by atoms with Crippen molar-refractivity contribution in [2.75, 3.05) is 23.8 Å². The van der Waals surface area contributed by atoms with Crippen molar-refractivity contribution in [2.45, 2.75) is 0 Å². The lowest BCUT2D eigenvalue weighted by Gasteiger charge is -2.12. The predicted molar refractivity (Wildman–Crippen MR) is 85.7 cm³/mol. The Morgan fingerprint density at radius 1 is 1.10 bits per heavy atom. The minimum Gasteiger partial charge on any atom is -0.487 e. The third kappa shape index (κ3) is 4.69. The number of rotatable bonds is 7. The largest absolute Gasteiger partial charge is 0.487 e. The van der Waals surface area contributed by atoms with Gasteiger partial charge in [0.25, 0.3) is 0 Å². The van der Waals surface area contributed by atoms with E-state index in [-0.39, 0.29) is 12.5 Å². The van der Waals surface area contributed by atoms with Gasteiger partial charge in [0.05, 0.1) is 12.2 Å². The first-order valence-corrected chi connectivity index (χ1v) is 6.71. The topological polar surface area (TPSA) is 50.4 Å². The molecule has 4 heteroatoms. The van der Waals surface area contributed by atoms with Gasteiger partial charge in [0.2, 0.25) is 5.91 Å². The molecule has 2 aromatic carbocycles. The lowest BCUT2D eigenvalue weighted by molar-refractivity contribution is -0.114. The van der Waals surface area contributed by atoms with Crippen molar-refractivity contribution in [1.82, 2.24) is 0 Å². The number of carbonyl (C=O) groups is 1. The Balaban J connectivity index is 1.90. The Kier molecular flexibility index (Phi) is 5.41. The van der Waals surface area contributed by atoms with Gasteiger partial charge in [0.1, 0.15) is 12.4 Å². The van der Waals surface area contributed by atoms with E-state index in [1.807, 2.05) is 54.6 Å². The molecule has 0 radical (unpaired) electrons. The number of benzene rings is 2. The van der Waals surface area contributed by atoms with E-state index in [9.17, 15) is 4.79 Å². The van der Waals surface area contributed by atoms with Crippen molar-refractivity contribution >= 4 is 17.3 Å². The number of carbonyl (C=O) groups excluding carboxylic acids is 1. The summed E-state index contributed by atoms with van der Waals surface area (Å²) < 4.78 is 5.52. The molecule has 2 aromatic rings. The van der Waals surface area contributed by atoms with Crippen LogP contribution in [0.2, 0.25) is 0 Å². The number of hydrogen-bond donors (Lipinski definition) is 2. The molecule has 0 unspecified atom stereocenters. The first kappa shape index (κ1) is 14.7. The molecule has 108 valence electrons. The number of anilines is 2. The van der Waals surface area contributed by atoms with E-state index >= 15 is 0 Å². The minimum atomic E-state index is -0.111. The van der Waals surface area contributed by atoms with Gasteiger partial charge in [-0.2, -0.15) is 0 Å². The van der Waals surface area contributed by atoms with Crippen molar-refractivity contribution in [3.63, 3.8) is 0 Å². The number of para-hydroxylation sites is 3. The molecule has 2 rings (SSSR count). The first-order chi connectivity index (χ1) is 10.3. The van der Waals surface area contributed by atoms with E-state index < -0.39 is 0 Å². The maximum atomic E-state index is 11.9. The van der Waals surface area contributed by atoms with Crippen LogP contribution < -0.4 is 15.4 Å². The standard InChI is InChI=1S/C17H18N2O2/c1-2-12-21-16-11-7-6-10-15(16)18-13-17(20)19-14-8-4-3-5-9-14/h2-11,18H,1,12-13H2,(H,19,20). The highest BCUT2D eigenvalue weighted by Crippen LogP contribution is 2.23. The SMILES string of the molecule is C=CCOc1ccccc1NCC(=O)Nc1ccccc1. The van der Waals surface area contributed by atoms with Crippen LogP contribution in [0.4, 0.5) is 11.4 Å². The zero-order valence-corrected chi connectivity index (χ0v) is 11.7. The lowest BCUT2D eigenvalue weighted by atomic mass is 10.3. The van der Waals surface area contributed by atoms with E-state index in [4.69, 9.17) is 4.74 Å². The van der Waals surface area contributed by atoms with Crippen molar-refractivity contribution in [3.05, 3.63) is 67.3 Å². The summed E-state index contributed by atoms with van der Waals surface area (Å²) in [4.78, 5) is 11.9. The zero-order valence-electron chi connectivity index (χ0n) is 11.7. The number of hydrogen-bond acceptors (Lipinski definition) is 3. The maximum Gasteiger partial charge on any atom is 0.243 e. The fraction of sp³-hybridized carbons (Fsp3) is 0.118. The molecule has 0 atom stereocenters. The molecular formula is C17H18N2O2. The fourth-order valence-electron chi connectivity index (χ4n) is 1.79. The van der Waals surface area contributed by atoms with Crippen molar-refractivity contribution in [3.8, 4) is 5.75 Å². The van der Waals surface area contributed by atoms with E-state index in [1.165, 1.54) is 0 Å². The molecule has 0 aliphatic carbocycles. The third-order valence-corrected chi connectivity index (χ3v) is 2.74. The van der Waals surface area contributed by atoms with Gasteiger partial charge in [0.15, 0.2) is 0 Å². The monoisotopic (exact) mass is 282 g/mol. The molecule has 0 aromatic heterocycles. The van der Waals surface area contributed by atoms with E-state index in [0.29, 0.717) is 12.4 Å². The van der Waals surface area contributed by atoms with Gasteiger partial charge >= 0.3 is 0 Å². The molecule has 0 saturated carbocycles. The summed E-state index contributed by atoms with van der Waals surface area (Å²) in [6.07, 6.45) is 1.68. The quantitative estimate of drug-likeness (QED) is 0.766. The molecule has 2 N–H and O–H groups in total. The van der Waals surface area contributed by atoms with Gasteiger partial charge in [-0.05, 0) is 24.3 Å². The molecule has 0 spiro atoms. The smallest absolute Gasteiger partial charge is 0.243 e. The molecule has 1 amide bonds. The molecule has 0 fully saturated rings.